The van der Waals surface area contributed by atoms with Crippen molar-refractivity contribution in [2.45, 2.75) is 18.4 Å². The van der Waals surface area contributed by atoms with Crippen LogP contribution in [0.2, 0.25) is 0 Å². The normalized spacial score (nSPS) is 14.3. The highest BCUT2D eigenvalue weighted by atomic mass is 32.2. The van der Waals surface area contributed by atoms with Gasteiger partial charge in [-0.05, 0) is 42.8 Å². The minimum absolute atomic E-state index is 0.0874. The van der Waals surface area contributed by atoms with Crippen LogP contribution in [0.4, 0.5) is 5.69 Å². The summed E-state index contributed by atoms with van der Waals surface area (Å²) in [5, 5.41) is 2.93. The van der Waals surface area contributed by atoms with Gasteiger partial charge in [0, 0.05) is 29.6 Å². The Kier molecular flexibility index (Phi) is 6.32. The predicted molar refractivity (Wildman–Crippen MR) is 129 cm³/mol. The van der Waals surface area contributed by atoms with Gasteiger partial charge in [-0.2, -0.15) is 0 Å². The number of likely N-dealkylation sites (N-methyl/N-ethyl adjacent to an activating group) is 1. The van der Waals surface area contributed by atoms with E-state index in [4.69, 9.17) is 4.74 Å². The van der Waals surface area contributed by atoms with Gasteiger partial charge in [0.25, 0.3) is 11.8 Å². The Morgan fingerprint density at radius 1 is 1.09 bits per heavy atom. The molecule has 0 spiro atoms. The minimum Gasteiger partial charge on any atom is -0.496 e. The first-order valence-corrected chi connectivity index (χ1v) is 11.1. The number of anilines is 1. The Labute approximate surface area is 192 Å². The lowest BCUT2D eigenvalue weighted by atomic mass is 10.1. The Bertz CT molecular complexity index is 1220. The molecule has 5 nitrogen and oxygen atoms in total. The van der Waals surface area contributed by atoms with Gasteiger partial charge in [0.2, 0.25) is 0 Å². The van der Waals surface area contributed by atoms with Crippen molar-refractivity contribution in [3.8, 4) is 5.75 Å². The van der Waals surface area contributed by atoms with E-state index in [2.05, 4.69) is 5.32 Å². The van der Waals surface area contributed by atoms with Gasteiger partial charge in [-0.15, -0.1) is 0 Å². The van der Waals surface area contributed by atoms with Gasteiger partial charge in [0.05, 0.1) is 17.7 Å². The minimum atomic E-state index is -0.203. The topological polar surface area (TPSA) is 58.6 Å². The van der Waals surface area contributed by atoms with Crippen molar-refractivity contribution in [3.63, 3.8) is 0 Å². The third-order valence-corrected chi connectivity index (χ3v) is 6.37. The number of amides is 2. The van der Waals surface area contributed by atoms with Crippen LogP contribution in [0.5, 0.6) is 5.75 Å². The van der Waals surface area contributed by atoms with Crippen molar-refractivity contribution in [1.82, 2.24) is 5.32 Å². The maximum atomic E-state index is 13.0. The molecule has 0 saturated carbocycles. The fourth-order valence-corrected chi connectivity index (χ4v) is 4.67. The summed E-state index contributed by atoms with van der Waals surface area (Å²) in [5.74, 6) is 0.439. The molecule has 3 aromatic rings. The zero-order valence-corrected chi connectivity index (χ0v) is 19.0. The standard InChI is InChI=1S/C26H24N2O3S/c1-17-7-6-8-18(13-17)14-24-26(30)28(2)21-15-19(11-12-23(21)32-24)25(29)27-16-20-9-4-5-10-22(20)31-3/h4-15H,16H2,1-3H3,(H,27,29)/b24-14-. The molecule has 0 aliphatic carbocycles. The van der Waals surface area contributed by atoms with Crippen molar-refractivity contribution < 1.29 is 14.3 Å². The highest BCUT2D eigenvalue weighted by Gasteiger charge is 2.27. The molecule has 0 bridgehead atoms. The van der Waals surface area contributed by atoms with Crippen LogP contribution in [0, 0.1) is 6.92 Å². The maximum Gasteiger partial charge on any atom is 0.264 e. The summed E-state index contributed by atoms with van der Waals surface area (Å²) in [6, 6.07) is 21.1. The van der Waals surface area contributed by atoms with Crippen LogP contribution in [0.3, 0.4) is 0 Å². The summed E-state index contributed by atoms with van der Waals surface area (Å²) in [7, 11) is 3.35. The second-order valence-corrected chi connectivity index (χ2v) is 8.65. The highest BCUT2D eigenvalue weighted by Crippen LogP contribution is 2.42. The molecule has 4 rings (SSSR count). The number of fused-ring (bicyclic) bond motifs is 1. The van der Waals surface area contributed by atoms with Crippen molar-refractivity contribution in [2.24, 2.45) is 0 Å². The van der Waals surface area contributed by atoms with E-state index in [9.17, 15) is 9.59 Å². The van der Waals surface area contributed by atoms with Gasteiger partial charge in [-0.25, -0.2) is 0 Å². The van der Waals surface area contributed by atoms with Gasteiger partial charge >= 0.3 is 0 Å². The fraction of sp³-hybridized carbons (Fsp3) is 0.154. The number of nitrogens with zero attached hydrogens (tertiary/aromatic N) is 1. The molecule has 1 aliphatic rings. The number of methoxy groups -OCH3 is 1. The number of hydrogen-bond acceptors (Lipinski definition) is 4. The zero-order chi connectivity index (χ0) is 22.7. The molecule has 0 unspecified atom stereocenters. The van der Waals surface area contributed by atoms with Crippen LogP contribution in [-0.4, -0.2) is 26.0 Å². The summed E-state index contributed by atoms with van der Waals surface area (Å²) >= 11 is 1.43. The lowest BCUT2D eigenvalue weighted by molar-refractivity contribution is -0.114. The Balaban J connectivity index is 1.53. The number of para-hydroxylation sites is 1. The van der Waals surface area contributed by atoms with Crippen LogP contribution in [0.1, 0.15) is 27.0 Å². The number of aryl methyl sites for hydroxylation is 1. The molecule has 2 amide bonds. The van der Waals surface area contributed by atoms with Crippen LogP contribution in [-0.2, 0) is 11.3 Å². The Morgan fingerprint density at radius 3 is 2.69 bits per heavy atom. The average Bonchev–Trinajstić information content (AvgIpc) is 2.81. The number of nitrogens with one attached hydrogen (secondary N) is 1. The number of hydrogen-bond donors (Lipinski definition) is 1. The van der Waals surface area contributed by atoms with E-state index in [0.717, 1.165) is 33.0 Å². The number of carbonyl (C=O) groups excluding carboxylic acids is 2. The lowest BCUT2D eigenvalue weighted by Crippen LogP contribution is -2.31. The van der Waals surface area contributed by atoms with Gasteiger partial charge in [0.1, 0.15) is 5.75 Å². The van der Waals surface area contributed by atoms with Crippen LogP contribution < -0.4 is 15.0 Å². The van der Waals surface area contributed by atoms with Gasteiger partial charge in [0.15, 0.2) is 0 Å². The molecule has 0 aromatic heterocycles. The number of ether oxygens (including phenoxy) is 1. The molecule has 3 aromatic carbocycles. The summed E-state index contributed by atoms with van der Waals surface area (Å²) in [4.78, 5) is 28.9. The molecule has 0 fully saturated rings. The zero-order valence-electron chi connectivity index (χ0n) is 18.2. The molecule has 0 saturated heterocycles. The summed E-state index contributed by atoms with van der Waals surface area (Å²) < 4.78 is 5.34. The maximum absolute atomic E-state index is 13.0. The molecule has 32 heavy (non-hydrogen) atoms. The monoisotopic (exact) mass is 444 g/mol. The fourth-order valence-electron chi connectivity index (χ4n) is 3.57. The van der Waals surface area contributed by atoms with Gasteiger partial charge in [-0.1, -0.05) is 59.8 Å². The number of rotatable bonds is 5. The van der Waals surface area contributed by atoms with Gasteiger partial charge < -0.3 is 15.0 Å². The van der Waals surface area contributed by atoms with E-state index in [1.807, 2.05) is 67.6 Å². The number of carbonyl (C=O) groups is 2. The quantitative estimate of drug-likeness (QED) is 0.560. The summed E-state index contributed by atoms with van der Waals surface area (Å²) in [5.41, 5.74) is 4.27. The van der Waals surface area contributed by atoms with Crippen molar-refractivity contribution in [2.75, 3.05) is 19.1 Å². The van der Waals surface area contributed by atoms with E-state index in [1.165, 1.54) is 11.8 Å². The third-order valence-electron chi connectivity index (χ3n) is 5.29. The predicted octanol–water partition coefficient (Wildman–Crippen LogP) is 5.04. The SMILES string of the molecule is COc1ccccc1CNC(=O)c1ccc2c(c1)N(C)C(=O)/C(=C/c1cccc(C)c1)S2. The third kappa shape index (κ3) is 4.55. The number of benzene rings is 3. The van der Waals surface area contributed by atoms with Gasteiger partial charge in [-0.3, -0.25) is 9.59 Å². The van der Waals surface area contributed by atoms with Crippen LogP contribution >= 0.6 is 11.8 Å². The Morgan fingerprint density at radius 2 is 1.91 bits per heavy atom. The second-order valence-electron chi connectivity index (χ2n) is 7.57. The highest BCUT2D eigenvalue weighted by molar-refractivity contribution is 8.04. The van der Waals surface area contributed by atoms with Crippen LogP contribution in [0.25, 0.3) is 6.08 Å². The first-order chi connectivity index (χ1) is 15.5. The first kappa shape index (κ1) is 21.7. The molecule has 0 atom stereocenters. The molecule has 162 valence electrons. The second kappa shape index (κ2) is 9.32. The van der Waals surface area contributed by atoms with E-state index < -0.39 is 0 Å². The smallest absolute Gasteiger partial charge is 0.264 e. The summed E-state index contributed by atoms with van der Waals surface area (Å²) in [6.07, 6.45) is 1.91. The van der Waals surface area contributed by atoms with Crippen molar-refractivity contribution in [3.05, 3.63) is 93.9 Å². The average molecular weight is 445 g/mol. The Hall–Kier alpha value is -3.51. The van der Waals surface area contributed by atoms with E-state index in [1.54, 1.807) is 31.2 Å². The molecular formula is C26H24N2O3S. The van der Waals surface area contributed by atoms with E-state index >= 15 is 0 Å². The van der Waals surface area contributed by atoms with E-state index in [-0.39, 0.29) is 11.8 Å². The number of thioether (sulfide) groups is 1. The molecule has 6 heteroatoms. The molecular weight excluding hydrogens is 420 g/mol. The molecule has 1 heterocycles. The first-order valence-electron chi connectivity index (χ1n) is 10.2. The molecule has 1 N–H and O–H groups in total. The van der Waals surface area contributed by atoms with Crippen molar-refractivity contribution >= 4 is 35.3 Å². The molecule has 1 aliphatic heterocycles. The molecule has 0 radical (unpaired) electrons. The van der Waals surface area contributed by atoms with Crippen molar-refractivity contribution in [1.29, 1.82) is 0 Å². The summed E-state index contributed by atoms with van der Waals surface area (Å²) in [6.45, 7) is 2.38. The largest absolute Gasteiger partial charge is 0.496 e. The van der Waals surface area contributed by atoms with Crippen LogP contribution in [0.15, 0.2) is 76.5 Å². The van der Waals surface area contributed by atoms with E-state index in [0.29, 0.717) is 17.0 Å². The lowest BCUT2D eigenvalue weighted by Gasteiger charge is -2.27.